The lowest BCUT2D eigenvalue weighted by molar-refractivity contribution is -0.147. The molecule has 248 valence electrons. The average Bonchev–Trinajstić information content (AvgIpc) is 3.47. The van der Waals surface area contributed by atoms with Gasteiger partial charge in [0.25, 0.3) is 0 Å². The quantitative estimate of drug-likeness (QED) is 0.416. The van der Waals surface area contributed by atoms with Crippen molar-refractivity contribution >= 4 is 23.6 Å². The van der Waals surface area contributed by atoms with Crippen molar-refractivity contribution in [1.82, 2.24) is 20.4 Å². The first-order chi connectivity index (χ1) is 22.5. The number of benzene rings is 3. The van der Waals surface area contributed by atoms with Crippen molar-refractivity contribution in [2.45, 2.75) is 62.8 Å². The molecule has 4 bridgehead atoms. The van der Waals surface area contributed by atoms with Crippen LogP contribution >= 0.6 is 0 Å². The molecule has 2 N–H and O–H groups in total. The molecule has 2 aliphatic rings. The molecular formula is C35H37F3N4O5. The Kier molecular flexibility index (Phi) is 10.5. The molecule has 1 fully saturated rings. The predicted octanol–water partition coefficient (Wildman–Crippen LogP) is 4.19. The Morgan fingerprint density at radius 3 is 2.21 bits per heavy atom. The van der Waals surface area contributed by atoms with Gasteiger partial charge in [0.15, 0.2) is 0 Å². The summed E-state index contributed by atoms with van der Waals surface area (Å²) in [5.41, 5.74) is 2.20. The summed E-state index contributed by atoms with van der Waals surface area (Å²) >= 11 is 0. The first kappa shape index (κ1) is 33.5. The standard InChI is InChI=1S/C35H37F3N4O5/c1-41-29(16-15-23-8-3-2-4-9-23)33(45)40-28(32(44)39-22-35(36,37)38)20-24-10-5-12-26(18-24)47-27-13-6-11-25(19-27)21-30(34(41)46)42-17-7-14-31(42)43/h2-6,8-13,18-19,28-30H,7,14-17,20-22H2,1H3,(H,39,44)(H,40,45)/t28-,29-,30-/m0/s1. The number of amides is 4. The van der Waals surface area contributed by atoms with Gasteiger partial charge in [-0.05, 0) is 60.2 Å². The summed E-state index contributed by atoms with van der Waals surface area (Å²) in [5, 5.41) is 4.53. The molecule has 0 radical (unpaired) electrons. The number of hydrogen-bond acceptors (Lipinski definition) is 5. The molecule has 12 heteroatoms. The molecule has 2 heterocycles. The van der Waals surface area contributed by atoms with Crippen molar-refractivity contribution in [1.29, 1.82) is 0 Å². The number of nitrogens with one attached hydrogen (secondary N) is 2. The van der Waals surface area contributed by atoms with Crippen LogP contribution in [0.5, 0.6) is 11.5 Å². The van der Waals surface area contributed by atoms with E-state index in [0.717, 1.165) is 11.1 Å². The molecule has 3 atom stereocenters. The second kappa shape index (κ2) is 14.7. The van der Waals surface area contributed by atoms with Crippen molar-refractivity contribution in [3.8, 4) is 11.5 Å². The van der Waals surface area contributed by atoms with E-state index in [9.17, 15) is 32.3 Å². The second-order valence-electron chi connectivity index (χ2n) is 11.9. The van der Waals surface area contributed by atoms with Crippen LogP contribution in [-0.4, -0.2) is 77.9 Å². The summed E-state index contributed by atoms with van der Waals surface area (Å²) in [6.07, 6.45) is -3.17. The minimum atomic E-state index is -4.66. The molecule has 0 aliphatic carbocycles. The Labute approximate surface area is 271 Å². The van der Waals surface area contributed by atoms with Gasteiger partial charge in [-0.15, -0.1) is 0 Å². The van der Waals surface area contributed by atoms with Gasteiger partial charge in [-0.25, -0.2) is 0 Å². The molecule has 1 saturated heterocycles. The number of alkyl halides is 3. The number of likely N-dealkylation sites (N-methyl/N-ethyl adjacent to an activating group) is 1. The summed E-state index contributed by atoms with van der Waals surface area (Å²) in [4.78, 5) is 57.3. The molecule has 0 aromatic heterocycles. The minimum absolute atomic E-state index is 0.138. The van der Waals surface area contributed by atoms with Crippen LogP contribution in [0.4, 0.5) is 13.2 Å². The third kappa shape index (κ3) is 8.90. The van der Waals surface area contributed by atoms with Gasteiger partial charge in [-0.3, -0.25) is 19.2 Å². The average molecular weight is 651 g/mol. The lowest BCUT2D eigenvalue weighted by Crippen LogP contribution is -2.58. The number of fused-ring (bicyclic) bond motifs is 4. The van der Waals surface area contributed by atoms with Gasteiger partial charge < -0.3 is 25.2 Å². The molecule has 4 amide bonds. The Balaban J connectivity index is 1.55. The number of hydrogen-bond donors (Lipinski definition) is 2. The van der Waals surface area contributed by atoms with E-state index in [1.165, 1.54) is 11.9 Å². The number of carbonyl (C=O) groups is 4. The Morgan fingerprint density at radius 1 is 0.936 bits per heavy atom. The van der Waals surface area contributed by atoms with E-state index in [1.807, 2.05) is 41.7 Å². The highest BCUT2D eigenvalue weighted by Gasteiger charge is 2.39. The van der Waals surface area contributed by atoms with Crippen LogP contribution in [-0.2, 0) is 38.4 Å². The molecule has 0 spiro atoms. The number of nitrogens with zero attached hydrogens (tertiary/aromatic N) is 2. The topological polar surface area (TPSA) is 108 Å². The largest absolute Gasteiger partial charge is 0.457 e. The van der Waals surface area contributed by atoms with Gasteiger partial charge in [0.2, 0.25) is 23.6 Å². The predicted molar refractivity (Wildman–Crippen MR) is 167 cm³/mol. The summed E-state index contributed by atoms with van der Waals surface area (Å²) in [5.74, 6) is -1.45. The van der Waals surface area contributed by atoms with Crippen LogP contribution in [0, 0.1) is 0 Å². The first-order valence-corrected chi connectivity index (χ1v) is 15.6. The molecule has 5 rings (SSSR count). The van der Waals surface area contributed by atoms with E-state index in [0.29, 0.717) is 42.9 Å². The lowest BCUT2D eigenvalue weighted by Gasteiger charge is -2.35. The van der Waals surface area contributed by atoms with E-state index in [4.69, 9.17) is 4.74 Å². The van der Waals surface area contributed by atoms with Gasteiger partial charge in [0.1, 0.15) is 36.2 Å². The van der Waals surface area contributed by atoms with Gasteiger partial charge in [-0.1, -0.05) is 54.6 Å². The Bertz CT molecular complexity index is 1600. The van der Waals surface area contributed by atoms with E-state index in [-0.39, 0.29) is 25.2 Å². The maximum absolute atomic E-state index is 14.3. The van der Waals surface area contributed by atoms with Crippen LogP contribution in [0.3, 0.4) is 0 Å². The van der Waals surface area contributed by atoms with Crippen molar-refractivity contribution in [3.63, 3.8) is 0 Å². The Hall–Kier alpha value is -4.87. The second-order valence-corrected chi connectivity index (χ2v) is 11.9. The maximum Gasteiger partial charge on any atom is 0.405 e. The highest BCUT2D eigenvalue weighted by atomic mass is 19.4. The zero-order valence-corrected chi connectivity index (χ0v) is 26.0. The highest BCUT2D eigenvalue weighted by Crippen LogP contribution is 2.27. The molecule has 0 saturated carbocycles. The van der Waals surface area contributed by atoms with Gasteiger partial charge >= 0.3 is 6.18 Å². The molecule has 0 unspecified atom stereocenters. The molecule has 3 aromatic carbocycles. The number of likely N-dealkylation sites (tertiary alicyclic amines) is 1. The summed E-state index contributed by atoms with van der Waals surface area (Å²) in [6, 6.07) is 19.8. The van der Waals surface area contributed by atoms with Crippen molar-refractivity contribution in [2.24, 2.45) is 0 Å². The smallest absolute Gasteiger partial charge is 0.405 e. The van der Waals surface area contributed by atoms with Gasteiger partial charge in [0.05, 0.1) is 0 Å². The van der Waals surface area contributed by atoms with Gasteiger partial charge in [-0.2, -0.15) is 13.2 Å². The summed E-state index contributed by atoms with van der Waals surface area (Å²) in [6.45, 7) is -1.19. The van der Waals surface area contributed by atoms with Crippen molar-refractivity contribution in [3.05, 3.63) is 95.6 Å². The molecule has 2 aliphatic heterocycles. The van der Waals surface area contributed by atoms with E-state index < -0.39 is 48.6 Å². The third-order valence-corrected chi connectivity index (χ3v) is 8.44. The van der Waals surface area contributed by atoms with Crippen LogP contribution in [0.25, 0.3) is 0 Å². The highest BCUT2D eigenvalue weighted by molar-refractivity contribution is 5.94. The fourth-order valence-electron chi connectivity index (χ4n) is 6.02. The monoisotopic (exact) mass is 650 g/mol. The third-order valence-electron chi connectivity index (χ3n) is 8.44. The van der Waals surface area contributed by atoms with E-state index in [2.05, 4.69) is 5.32 Å². The van der Waals surface area contributed by atoms with E-state index in [1.54, 1.807) is 47.4 Å². The molecule has 3 aromatic rings. The fourth-order valence-corrected chi connectivity index (χ4v) is 6.02. The molecule has 9 nitrogen and oxygen atoms in total. The zero-order chi connectivity index (χ0) is 33.6. The summed E-state index contributed by atoms with van der Waals surface area (Å²) in [7, 11) is 1.48. The molecular weight excluding hydrogens is 613 g/mol. The first-order valence-electron chi connectivity index (χ1n) is 15.6. The number of ether oxygens (including phenoxy) is 1. The number of aryl methyl sites for hydroxylation is 1. The van der Waals surface area contributed by atoms with Crippen LogP contribution in [0.2, 0.25) is 0 Å². The summed E-state index contributed by atoms with van der Waals surface area (Å²) < 4.78 is 45.3. The molecule has 47 heavy (non-hydrogen) atoms. The normalized spacial score (nSPS) is 20.9. The number of carbonyl (C=O) groups excluding carboxylic acids is 4. The van der Waals surface area contributed by atoms with Crippen LogP contribution in [0.1, 0.15) is 36.0 Å². The SMILES string of the molecule is CN1C(=O)[C@@H](N2CCCC2=O)Cc2cccc(c2)Oc2cccc(c2)C[C@@H](C(=O)NCC(F)(F)F)NC(=O)[C@@H]1CCc1ccccc1. The number of halogens is 3. The number of rotatable bonds is 6. The minimum Gasteiger partial charge on any atom is -0.457 e. The van der Waals surface area contributed by atoms with Crippen LogP contribution < -0.4 is 15.4 Å². The van der Waals surface area contributed by atoms with Crippen molar-refractivity contribution < 1.29 is 37.1 Å². The lowest BCUT2D eigenvalue weighted by atomic mass is 9.99. The zero-order valence-electron chi connectivity index (χ0n) is 26.0. The van der Waals surface area contributed by atoms with Crippen molar-refractivity contribution in [2.75, 3.05) is 20.1 Å². The van der Waals surface area contributed by atoms with Crippen LogP contribution in [0.15, 0.2) is 78.9 Å². The van der Waals surface area contributed by atoms with E-state index >= 15 is 0 Å². The van der Waals surface area contributed by atoms with Gasteiger partial charge in [0, 0.05) is 32.9 Å². The fraction of sp³-hybridized carbons (Fsp3) is 0.371. The maximum atomic E-state index is 14.3. The Morgan fingerprint density at radius 2 is 1.60 bits per heavy atom.